The Morgan fingerprint density at radius 2 is 1.43 bits per heavy atom. The molecule has 0 spiro atoms. The average molecular weight is 308 g/mol. The number of nitrogens with two attached hydrogens (primary N) is 1. The van der Waals surface area contributed by atoms with Gasteiger partial charge in [0.2, 0.25) is 0 Å². The fourth-order valence-corrected chi connectivity index (χ4v) is 1.98. The lowest BCUT2D eigenvalue weighted by molar-refractivity contribution is 0.415. The van der Waals surface area contributed by atoms with E-state index in [1.807, 2.05) is 36.4 Å². The Labute approximate surface area is 133 Å². The summed E-state index contributed by atoms with van der Waals surface area (Å²) < 4.78 is 5.14. The van der Waals surface area contributed by atoms with E-state index in [1.54, 1.807) is 19.5 Å². The van der Waals surface area contributed by atoms with Crippen molar-refractivity contribution in [1.29, 1.82) is 0 Å². The molecule has 0 aliphatic heterocycles. The molecule has 0 atom stereocenters. The van der Waals surface area contributed by atoms with Gasteiger partial charge in [-0.15, -0.1) is 0 Å². The number of hydrogen-bond acceptors (Lipinski definition) is 7. The largest absolute Gasteiger partial charge is 0.497 e. The Balaban J connectivity index is 1.81. The SMILES string of the molecule is COc1ccc(Nc2ncnc(Nc3ccncc3)c2N)cc1. The van der Waals surface area contributed by atoms with E-state index in [0.717, 1.165) is 17.1 Å². The van der Waals surface area contributed by atoms with Crippen molar-refractivity contribution in [2.75, 3.05) is 23.5 Å². The van der Waals surface area contributed by atoms with E-state index in [0.29, 0.717) is 17.3 Å². The third-order valence-electron chi connectivity index (χ3n) is 3.18. The molecule has 0 amide bonds. The summed E-state index contributed by atoms with van der Waals surface area (Å²) in [5.74, 6) is 1.84. The van der Waals surface area contributed by atoms with Crippen LogP contribution in [0.4, 0.5) is 28.7 Å². The van der Waals surface area contributed by atoms with Gasteiger partial charge in [-0.2, -0.15) is 0 Å². The number of nitrogen functional groups attached to an aromatic ring is 1. The highest BCUT2D eigenvalue weighted by Gasteiger charge is 2.08. The molecule has 2 heterocycles. The second-order valence-corrected chi connectivity index (χ2v) is 4.70. The van der Waals surface area contributed by atoms with Gasteiger partial charge in [0, 0.05) is 23.8 Å². The van der Waals surface area contributed by atoms with E-state index in [9.17, 15) is 0 Å². The summed E-state index contributed by atoms with van der Waals surface area (Å²) in [6.07, 6.45) is 4.83. The van der Waals surface area contributed by atoms with Crippen LogP contribution in [-0.4, -0.2) is 22.1 Å². The Bertz CT molecular complexity index is 776. The van der Waals surface area contributed by atoms with Crippen LogP contribution in [0.1, 0.15) is 0 Å². The molecule has 0 fully saturated rings. The Kier molecular flexibility index (Phi) is 4.19. The second kappa shape index (κ2) is 6.61. The lowest BCUT2D eigenvalue weighted by atomic mass is 10.3. The minimum atomic E-state index is 0.431. The van der Waals surface area contributed by atoms with Gasteiger partial charge in [0.1, 0.15) is 17.8 Å². The van der Waals surface area contributed by atoms with E-state index in [1.165, 1.54) is 6.33 Å². The van der Waals surface area contributed by atoms with Crippen LogP contribution in [0.15, 0.2) is 55.1 Å². The molecule has 0 unspecified atom stereocenters. The molecule has 1 aromatic carbocycles. The maximum absolute atomic E-state index is 6.14. The number of anilines is 5. The maximum atomic E-state index is 6.14. The molecule has 3 rings (SSSR count). The minimum Gasteiger partial charge on any atom is -0.497 e. The summed E-state index contributed by atoms with van der Waals surface area (Å²) in [5, 5.41) is 6.31. The lowest BCUT2D eigenvalue weighted by Crippen LogP contribution is -2.05. The van der Waals surface area contributed by atoms with Crippen LogP contribution in [0.5, 0.6) is 5.75 Å². The first-order valence-electron chi connectivity index (χ1n) is 6.95. The van der Waals surface area contributed by atoms with Crippen LogP contribution >= 0.6 is 0 Å². The van der Waals surface area contributed by atoms with E-state index in [2.05, 4.69) is 25.6 Å². The summed E-state index contributed by atoms with van der Waals surface area (Å²) in [7, 11) is 1.63. The lowest BCUT2D eigenvalue weighted by Gasteiger charge is -2.12. The first kappa shape index (κ1) is 14.6. The summed E-state index contributed by atoms with van der Waals surface area (Å²) in [6.45, 7) is 0. The van der Waals surface area contributed by atoms with Gasteiger partial charge in [0.25, 0.3) is 0 Å². The zero-order valence-electron chi connectivity index (χ0n) is 12.5. The molecule has 7 heteroatoms. The zero-order valence-corrected chi connectivity index (χ0v) is 12.5. The van der Waals surface area contributed by atoms with Crippen LogP contribution in [0, 0.1) is 0 Å². The highest BCUT2D eigenvalue weighted by molar-refractivity contribution is 5.80. The van der Waals surface area contributed by atoms with E-state index in [-0.39, 0.29) is 0 Å². The molecule has 0 saturated carbocycles. The summed E-state index contributed by atoms with van der Waals surface area (Å²) in [4.78, 5) is 12.3. The highest BCUT2D eigenvalue weighted by atomic mass is 16.5. The molecule has 23 heavy (non-hydrogen) atoms. The monoisotopic (exact) mass is 308 g/mol. The number of pyridine rings is 1. The van der Waals surface area contributed by atoms with Crippen molar-refractivity contribution in [3.05, 3.63) is 55.1 Å². The van der Waals surface area contributed by atoms with Gasteiger partial charge in [-0.3, -0.25) is 4.98 Å². The fraction of sp³-hybridized carbons (Fsp3) is 0.0625. The highest BCUT2D eigenvalue weighted by Crippen LogP contribution is 2.28. The standard InChI is InChI=1S/C16H16N6O/c1-23-13-4-2-11(3-5-13)21-15-14(17)16(20-10-19-15)22-12-6-8-18-9-7-12/h2-10H,17H2,1H3,(H2,18,19,20,21,22). The Morgan fingerprint density at radius 1 is 0.870 bits per heavy atom. The number of rotatable bonds is 5. The van der Waals surface area contributed by atoms with Gasteiger partial charge in [0.05, 0.1) is 7.11 Å². The van der Waals surface area contributed by atoms with Crippen LogP contribution in [0.3, 0.4) is 0 Å². The number of benzene rings is 1. The van der Waals surface area contributed by atoms with Gasteiger partial charge in [-0.1, -0.05) is 0 Å². The molecule has 0 saturated heterocycles. The normalized spacial score (nSPS) is 10.1. The molecule has 0 radical (unpaired) electrons. The van der Waals surface area contributed by atoms with Crippen molar-refractivity contribution < 1.29 is 4.74 Å². The molecule has 0 aliphatic rings. The molecule has 116 valence electrons. The van der Waals surface area contributed by atoms with Crippen LogP contribution in [-0.2, 0) is 0 Å². The molecule has 0 bridgehead atoms. The van der Waals surface area contributed by atoms with Crippen molar-refractivity contribution in [3.8, 4) is 5.75 Å². The first-order chi connectivity index (χ1) is 11.3. The first-order valence-corrected chi connectivity index (χ1v) is 6.95. The summed E-state index contributed by atoms with van der Waals surface area (Å²) in [6, 6.07) is 11.1. The smallest absolute Gasteiger partial charge is 0.159 e. The van der Waals surface area contributed by atoms with E-state index < -0.39 is 0 Å². The number of aromatic nitrogens is 3. The van der Waals surface area contributed by atoms with Crippen molar-refractivity contribution >= 4 is 28.7 Å². The summed E-state index contributed by atoms with van der Waals surface area (Å²) >= 11 is 0. The third kappa shape index (κ3) is 3.46. The van der Waals surface area contributed by atoms with Crippen molar-refractivity contribution in [1.82, 2.24) is 15.0 Å². The van der Waals surface area contributed by atoms with E-state index in [4.69, 9.17) is 10.5 Å². The van der Waals surface area contributed by atoms with Crippen molar-refractivity contribution in [2.45, 2.75) is 0 Å². The van der Waals surface area contributed by atoms with Gasteiger partial charge in [0.15, 0.2) is 11.6 Å². The molecule has 0 aliphatic carbocycles. The Hall–Kier alpha value is -3.35. The van der Waals surface area contributed by atoms with Crippen LogP contribution in [0.2, 0.25) is 0 Å². The van der Waals surface area contributed by atoms with Crippen LogP contribution in [0.25, 0.3) is 0 Å². The van der Waals surface area contributed by atoms with Crippen molar-refractivity contribution in [3.63, 3.8) is 0 Å². The van der Waals surface area contributed by atoms with Gasteiger partial charge >= 0.3 is 0 Å². The third-order valence-corrected chi connectivity index (χ3v) is 3.18. The predicted octanol–water partition coefficient (Wildman–Crippen LogP) is 2.95. The molecular formula is C16H16N6O. The fourth-order valence-electron chi connectivity index (χ4n) is 1.98. The summed E-state index contributed by atoms with van der Waals surface area (Å²) in [5.41, 5.74) is 8.28. The van der Waals surface area contributed by atoms with Gasteiger partial charge < -0.3 is 21.1 Å². The number of nitrogens with one attached hydrogen (secondary N) is 2. The zero-order chi connectivity index (χ0) is 16.1. The molecular weight excluding hydrogens is 292 g/mol. The van der Waals surface area contributed by atoms with E-state index >= 15 is 0 Å². The number of nitrogens with zero attached hydrogens (tertiary/aromatic N) is 3. The van der Waals surface area contributed by atoms with Crippen molar-refractivity contribution in [2.24, 2.45) is 0 Å². The topological polar surface area (TPSA) is 98.0 Å². The quantitative estimate of drug-likeness (QED) is 0.666. The number of methoxy groups -OCH3 is 1. The minimum absolute atomic E-state index is 0.431. The number of ether oxygens (including phenoxy) is 1. The molecule has 2 aromatic heterocycles. The average Bonchev–Trinajstić information content (AvgIpc) is 2.60. The van der Waals surface area contributed by atoms with Gasteiger partial charge in [-0.25, -0.2) is 9.97 Å². The maximum Gasteiger partial charge on any atom is 0.159 e. The number of hydrogen-bond donors (Lipinski definition) is 3. The Morgan fingerprint density at radius 3 is 2.00 bits per heavy atom. The van der Waals surface area contributed by atoms with Gasteiger partial charge in [-0.05, 0) is 36.4 Å². The molecule has 3 aromatic rings. The predicted molar refractivity (Wildman–Crippen MR) is 90.2 cm³/mol. The molecule has 4 N–H and O–H groups in total. The molecule has 7 nitrogen and oxygen atoms in total. The second-order valence-electron chi connectivity index (χ2n) is 4.70. The van der Waals surface area contributed by atoms with Crippen LogP contribution < -0.4 is 21.1 Å².